The molecular weight excluding hydrogens is 497 g/mol. The Morgan fingerprint density at radius 2 is 2.11 bits per heavy atom. The SMILES string of the molecule is CN=C(NCCC(=O)Nc1ccc(C)cc1Cl)N(C)Cc1csc(C)n1.I. The number of aryl methyl sites for hydroxylation is 2. The molecular formula is C18H25ClIN5OS. The quantitative estimate of drug-likeness (QED) is 0.342. The van der Waals surface area contributed by atoms with Crippen molar-refractivity contribution in [2.75, 3.05) is 26.0 Å². The third-order valence-corrected chi connectivity index (χ3v) is 4.81. The monoisotopic (exact) mass is 521 g/mol. The lowest BCUT2D eigenvalue weighted by Gasteiger charge is -2.21. The van der Waals surface area contributed by atoms with Crippen LogP contribution in [0.2, 0.25) is 5.02 Å². The summed E-state index contributed by atoms with van der Waals surface area (Å²) in [5.74, 6) is 0.619. The summed E-state index contributed by atoms with van der Waals surface area (Å²) in [7, 11) is 3.66. The van der Waals surface area contributed by atoms with Gasteiger partial charge in [0.25, 0.3) is 0 Å². The molecule has 1 aromatic carbocycles. The van der Waals surface area contributed by atoms with E-state index in [2.05, 4.69) is 20.6 Å². The van der Waals surface area contributed by atoms with E-state index in [1.165, 1.54) is 0 Å². The van der Waals surface area contributed by atoms with Gasteiger partial charge in [-0.05, 0) is 31.5 Å². The fraction of sp³-hybridized carbons (Fsp3) is 0.389. The fourth-order valence-electron chi connectivity index (χ4n) is 2.41. The van der Waals surface area contributed by atoms with Crippen LogP contribution in [-0.2, 0) is 11.3 Å². The van der Waals surface area contributed by atoms with E-state index in [1.54, 1.807) is 18.4 Å². The zero-order chi connectivity index (χ0) is 19.1. The first-order valence-corrected chi connectivity index (χ1v) is 9.53. The summed E-state index contributed by atoms with van der Waals surface area (Å²) in [5.41, 5.74) is 2.68. The summed E-state index contributed by atoms with van der Waals surface area (Å²) in [6.45, 7) is 5.08. The maximum Gasteiger partial charge on any atom is 0.226 e. The first kappa shape index (κ1) is 23.6. The van der Waals surface area contributed by atoms with E-state index >= 15 is 0 Å². The number of halogens is 2. The van der Waals surface area contributed by atoms with Crippen LogP contribution in [-0.4, -0.2) is 42.4 Å². The van der Waals surface area contributed by atoms with Gasteiger partial charge in [-0.1, -0.05) is 17.7 Å². The number of amides is 1. The molecule has 0 aliphatic carbocycles. The van der Waals surface area contributed by atoms with E-state index in [-0.39, 0.29) is 29.9 Å². The van der Waals surface area contributed by atoms with Crippen molar-refractivity contribution in [2.24, 2.45) is 4.99 Å². The second-order valence-corrected chi connectivity index (χ2v) is 7.44. The van der Waals surface area contributed by atoms with Gasteiger partial charge in [0.15, 0.2) is 5.96 Å². The van der Waals surface area contributed by atoms with Gasteiger partial charge in [0, 0.05) is 32.4 Å². The molecule has 6 nitrogen and oxygen atoms in total. The number of guanidine groups is 1. The molecule has 1 aromatic heterocycles. The van der Waals surface area contributed by atoms with Crippen LogP contribution < -0.4 is 10.6 Å². The highest BCUT2D eigenvalue weighted by atomic mass is 127. The number of aromatic nitrogens is 1. The minimum atomic E-state index is -0.100. The van der Waals surface area contributed by atoms with E-state index in [9.17, 15) is 4.79 Å². The molecule has 2 rings (SSSR count). The minimum Gasteiger partial charge on any atom is -0.356 e. The first-order valence-electron chi connectivity index (χ1n) is 8.28. The Balaban J connectivity index is 0.00000364. The predicted octanol–water partition coefficient (Wildman–Crippen LogP) is 4.07. The number of hydrogen-bond acceptors (Lipinski definition) is 4. The van der Waals surface area contributed by atoms with E-state index < -0.39 is 0 Å². The molecule has 2 N–H and O–H groups in total. The van der Waals surface area contributed by atoms with Crippen molar-refractivity contribution in [3.05, 3.63) is 44.9 Å². The number of hydrogen-bond donors (Lipinski definition) is 2. The lowest BCUT2D eigenvalue weighted by molar-refractivity contribution is -0.116. The highest BCUT2D eigenvalue weighted by Crippen LogP contribution is 2.22. The number of carbonyl (C=O) groups is 1. The number of nitrogens with one attached hydrogen (secondary N) is 2. The zero-order valence-electron chi connectivity index (χ0n) is 15.9. The predicted molar refractivity (Wildman–Crippen MR) is 125 cm³/mol. The average molecular weight is 522 g/mol. The Bertz CT molecular complexity index is 796. The van der Waals surface area contributed by atoms with Gasteiger partial charge in [0.1, 0.15) is 0 Å². The first-order chi connectivity index (χ1) is 12.4. The van der Waals surface area contributed by atoms with E-state index in [4.69, 9.17) is 11.6 Å². The summed E-state index contributed by atoms with van der Waals surface area (Å²) >= 11 is 7.77. The lowest BCUT2D eigenvalue weighted by atomic mass is 10.2. The summed E-state index contributed by atoms with van der Waals surface area (Å²) in [5, 5.41) is 9.65. The van der Waals surface area contributed by atoms with Crippen LogP contribution in [0.1, 0.15) is 22.7 Å². The minimum absolute atomic E-state index is 0. The second kappa shape index (κ2) is 11.5. The topological polar surface area (TPSA) is 69.6 Å². The van der Waals surface area contributed by atoms with E-state index in [1.807, 2.05) is 49.4 Å². The fourth-order valence-corrected chi connectivity index (χ4v) is 3.29. The van der Waals surface area contributed by atoms with Crippen molar-refractivity contribution < 1.29 is 4.79 Å². The van der Waals surface area contributed by atoms with Crippen LogP contribution >= 0.6 is 46.9 Å². The molecule has 0 aliphatic heterocycles. The van der Waals surface area contributed by atoms with Gasteiger partial charge in [0.05, 0.1) is 28.0 Å². The van der Waals surface area contributed by atoms with Crippen molar-refractivity contribution in [2.45, 2.75) is 26.8 Å². The molecule has 0 aliphatic rings. The third-order valence-electron chi connectivity index (χ3n) is 3.67. The molecule has 0 radical (unpaired) electrons. The lowest BCUT2D eigenvalue weighted by Crippen LogP contribution is -2.39. The highest BCUT2D eigenvalue weighted by Gasteiger charge is 2.10. The number of aliphatic imine (C=N–C) groups is 1. The Morgan fingerprint density at radius 3 is 2.70 bits per heavy atom. The Morgan fingerprint density at radius 1 is 1.37 bits per heavy atom. The summed E-state index contributed by atoms with van der Waals surface area (Å²) < 4.78 is 0. The van der Waals surface area contributed by atoms with Gasteiger partial charge >= 0.3 is 0 Å². The molecule has 0 bridgehead atoms. The molecule has 2 aromatic rings. The Kier molecular flexibility index (Phi) is 10.0. The van der Waals surface area contributed by atoms with Gasteiger partial charge in [-0.15, -0.1) is 35.3 Å². The van der Waals surface area contributed by atoms with Crippen molar-refractivity contribution in [3.8, 4) is 0 Å². The molecule has 0 unspecified atom stereocenters. The summed E-state index contributed by atoms with van der Waals surface area (Å²) in [6.07, 6.45) is 0.312. The molecule has 0 saturated heterocycles. The molecule has 0 saturated carbocycles. The standard InChI is InChI=1S/C18H24ClN5OS.HI/c1-12-5-6-16(15(19)9-12)23-17(25)7-8-21-18(20-3)24(4)10-14-11-26-13(2)22-14;/h5-6,9,11H,7-8,10H2,1-4H3,(H,20,21)(H,23,25);1H. The van der Waals surface area contributed by atoms with Crippen LogP contribution in [0.15, 0.2) is 28.6 Å². The normalized spacial score (nSPS) is 10.9. The number of nitrogens with zero attached hydrogens (tertiary/aromatic N) is 3. The molecule has 1 amide bonds. The van der Waals surface area contributed by atoms with Gasteiger partial charge in [0.2, 0.25) is 5.91 Å². The molecule has 9 heteroatoms. The molecule has 148 valence electrons. The number of benzene rings is 1. The van der Waals surface area contributed by atoms with Crippen LogP contribution in [0.3, 0.4) is 0 Å². The smallest absolute Gasteiger partial charge is 0.226 e. The van der Waals surface area contributed by atoms with E-state index in [0.29, 0.717) is 30.2 Å². The Hall–Kier alpha value is -1.39. The number of carbonyl (C=O) groups excluding carboxylic acids is 1. The van der Waals surface area contributed by atoms with E-state index in [0.717, 1.165) is 22.2 Å². The maximum absolute atomic E-state index is 12.1. The molecule has 0 fully saturated rings. The van der Waals surface area contributed by atoms with Crippen LogP contribution in [0, 0.1) is 13.8 Å². The van der Waals surface area contributed by atoms with Crippen LogP contribution in [0.25, 0.3) is 0 Å². The van der Waals surface area contributed by atoms with Crippen LogP contribution in [0.5, 0.6) is 0 Å². The molecule has 0 spiro atoms. The number of thiazole rings is 1. The van der Waals surface area contributed by atoms with Crippen molar-refractivity contribution in [1.29, 1.82) is 0 Å². The zero-order valence-corrected chi connectivity index (χ0v) is 19.8. The largest absolute Gasteiger partial charge is 0.356 e. The van der Waals surface area contributed by atoms with Gasteiger partial charge in [-0.2, -0.15) is 0 Å². The molecule has 0 atom stereocenters. The molecule has 27 heavy (non-hydrogen) atoms. The van der Waals surface area contributed by atoms with Crippen molar-refractivity contribution in [3.63, 3.8) is 0 Å². The number of rotatable bonds is 6. The highest BCUT2D eigenvalue weighted by molar-refractivity contribution is 14.0. The third kappa shape index (κ3) is 7.63. The second-order valence-electron chi connectivity index (χ2n) is 5.97. The Labute approximate surface area is 186 Å². The number of anilines is 1. The van der Waals surface area contributed by atoms with Gasteiger partial charge < -0.3 is 15.5 Å². The van der Waals surface area contributed by atoms with Crippen LogP contribution in [0.4, 0.5) is 5.69 Å². The average Bonchev–Trinajstić information content (AvgIpc) is 2.99. The van der Waals surface area contributed by atoms with Crippen molar-refractivity contribution in [1.82, 2.24) is 15.2 Å². The maximum atomic E-state index is 12.1. The van der Waals surface area contributed by atoms with Crippen molar-refractivity contribution >= 4 is 64.5 Å². The summed E-state index contributed by atoms with van der Waals surface area (Å²) in [6, 6.07) is 5.55. The van der Waals surface area contributed by atoms with Gasteiger partial charge in [-0.25, -0.2) is 4.98 Å². The summed E-state index contributed by atoms with van der Waals surface area (Å²) in [4.78, 5) is 22.8. The molecule has 1 heterocycles. The van der Waals surface area contributed by atoms with Gasteiger partial charge in [-0.3, -0.25) is 9.79 Å².